The molecule has 7 aromatic rings. The minimum absolute atomic E-state index is 0.243. The van der Waals surface area contributed by atoms with Crippen molar-refractivity contribution in [1.82, 2.24) is 4.57 Å². The highest BCUT2D eigenvalue weighted by atomic mass is 15.3. The van der Waals surface area contributed by atoms with E-state index in [0.717, 1.165) is 50.2 Å². The van der Waals surface area contributed by atoms with Crippen LogP contribution in [0.25, 0.3) is 44.1 Å². The number of quaternary nitrogens is 4. The molecule has 0 fully saturated rings. The summed E-state index contributed by atoms with van der Waals surface area (Å²) in [7, 11) is 28.1. The fourth-order valence-corrected chi connectivity index (χ4v) is 15.4. The van der Waals surface area contributed by atoms with Crippen LogP contribution in [-0.4, -0.2) is 133 Å². The Bertz CT molecular complexity index is 3080. The summed E-state index contributed by atoms with van der Waals surface area (Å²) in [5.74, 6) is 0. The summed E-state index contributed by atoms with van der Waals surface area (Å²) >= 11 is 0. The van der Waals surface area contributed by atoms with E-state index in [2.05, 4.69) is 217 Å². The first-order valence-corrected chi connectivity index (χ1v) is 34.4. The Balaban J connectivity index is 1.18. The van der Waals surface area contributed by atoms with E-state index in [1.807, 2.05) is 0 Å². The van der Waals surface area contributed by atoms with Crippen LogP contribution in [0, 0.1) is 0 Å². The van der Waals surface area contributed by atoms with Gasteiger partial charge in [-0.15, -0.1) is 0 Å². The molecule has 458 valence electrons. The number of aryl methyl sites for hydroxylation is 3. The molecular formula is C80H117N5+4. The molecule has 6 aromatic carbocycles. The Morgan fingerprint density at radius 2 is 0.671 bits per heavy atom. The van der Waals surface area contributed by atoms with Crippen molar-refractivity contribution in [2.45, 2.75) is 178 Å². The molecule has 0 N–H and O–H groups in total. The van der Waals surface area contributed by atoms with E-state index >= 15 is 0 Å². The van der Waals surface area contributed by atoms with Crippen molar-refractivity contribution in [2.75, 3.05) is 111 Å². The van der Waals surface area contributed by atoms with E-state index in [1.54, 1.807) is 11.1 Å². The summed E-state index contributed by atoms with van der Waals surface area (Å²) < 4.78 is 6.91. The zero-order chi connectivity index (χ0) is 60.5. The number of hydrogen-bond donors (Lipinski definition) is 0. The second-order valence-corrected chi connectivity index (χ2v) is 31.1. The van der Waals surface area contributed by atoms with Crippen molar-refractivity contribution in [3.63, 3.8) is 0 Å². The zero-order valence-corrected chi connectivity index (χ0v) is 56.3. The van der Waals surface area contributed by atoms with Crippen molar-refractivity contribution < 1.29 is 17.9 Å². The SMILES string of the molecule is CCCCCCn1c2ccc(C3(CCCCCC[N+](C)(C)C)c4ccccc4-c4ccc(CCCCCC[N+](C)(C)C)cc43)cc2c2cc(C3(CCCCCC[N+](C)(C)C)c4ccccc4-c4ccc(CCCCCC[N+](C)(C)C)cc43)ccc21. The standard InChI is InChI=1S/C80H117N5/c1-14-15-16-33-54-81-77-50-46-65(79(52-31-19-23-36-57-84(8,9)10)73-42-29-27-40-67(73)69-48-44-63(59-75(69)79)38-25-17-21-34-55-82(2,3)4)61-71(77)72-62-66(47-51-78(72)81)80(53-32-20-24-37-58-85(11,12)13)74-43-30-28-41-68(74)70-49-45-64(60-76(70)80)39-26-18-22-35-56-83(5,6)7/h27-30,40-51,59-62H,14-26,31-39,52-58H2,1-13H3/q+4. The van der Waals surface area contributed by atoms with Crippen LogP contribution in [0.3, 0.4) is 0 Å². The maximum Gasteiger partial charge on any atom is 0.0780 e. The van der Waals surface area contributed by atoms with Crippen LogP contribution < -0.4 is 0 Å². The molecule has 0 amide bonds. The summed E-state index contributed by atoms with van der Waals surface area (Å²) in [6, 6.07) is 50.4. The molecule has 2 aliphatic rings. The molecule has 0 bridgehead atoms. The van der Waals surface area contributed by atoms with E-state index in [0.29, 0.717) is 0 Å². The number of nitrogens with zero attached hydrogens (tertiary/aromatic N) is 5. The number of unbranched alkanes of at least 4 members (excludes halogenated alkanes) is 15. The lowest BCUT2D eigenvalue weighted by Crippen LogP contribution is -2.35. The largest absolute Gasteiger partial charge is 0.340 e. The van der Waals surface area contributed by atoms with Crippen molar-refractivity contribution in [1.29, 1.82) is 0 Å². The number of fused-ring (bicyclic) bond motifs is 9. The average molecular weight is 1150 g/mol. The van der Waals surface area contributed by atoms with Gasteiger partial charge in [0.2, 0.25) is 0 Å². The molecule has 0 aliphatic heterocycles. The van der Waals surface area contributed by atoms with Gasteiger partial charge in [-0.25, -0.2) is 0 Å². The van der Waals surface area contributed by atoms with Gasteiger partial charge in [0.15, 0.2) is 0 Å². The summed E-state index contributed by atoms with van der Waals surface area (Å²) in [6.45, 7) is 8.34. The van der Waals surface area contributed by atoms with E-state index in [4.69, 9.17) is 0 Å². The van der Waals surface area contributed by atoms with Gasteiger partial charge < -0.3 is 22.5 Å². The molecule has 85 heavy (non-hydrogen) atoms. The topological polar surface area (TPSA) is 4.93 Å². The van der Waals surface area contributed by atoms with E-state index in [9.17, 15) is 0 Å². The van der Waals surface area contributed by atoms with Crippen LogP contribution in [-0.2, 0) is 30.2 Å². The van der Waals surface area contributed by atoms with Crippen molar-refractivity contribution in [3.8, 4) is 22.3 Å². The highest BCUT2D eigenvalue weighted by Crippen LogP contribution is 2.58. The van der Waals surface area contributed by atoms with Gasteiger partial charge in [-0.3, -0.25) is 0 Å². The van der Waals surface area contributed by atoms with Crippen molar-refractivity contribution in [3.05, 3.63) is 166 Å². The molecule has 2 unspecified atom stereocenters. The highest BCUT2D eigenvalue weighted by molar-refractivity contribution is 6.09. The normalized spacial score (nSPS) is 16.8. The number of hydrogen-bond acceptors (Lipinski definition) is 0. The third-order valence-electron chi connectivity index (χ3n) is 19.9. The minimum atomic E-state index is -0.243. The lowest BCUT2D eigenvalue weighted by atomic mass is 9.68. The second kappa shape index (κ2) is 28.0. The molecule has 1 heterocycles. The fourth-order valence-electron chi connectivity index (χ4n) is 15.4. The van der Waals surface area contributed by atoms with Gasteiger partial charge in [-0.2, -0.15) is 0 Å². The fraction of sp³-hybridized carbons (Fsp3) is 0.550. The molecule has 0 saturated heterocycles. The molecule has 0 spiro atoms. The van der Waals surface area contributed by atoms with E-state index < -0.39 is 0 Å². The molecule has 9 rings (SSSR count). The van der Waals surface area contributed by atoms with Gasteiger partial charge in [0, 0.05) is 39.2 Å². The van der Waals surface area contributed by atoms with Gasteiger partial charge >= 0.3 is 0 Å². The molecule has 0 saturated carbocycles. The molecule has 5 nitrogen and oxygen atoms in total. The average Bonchev–Trinajstić information content (AvgIpc) is 1.62. The van der Waals surface area contributed by atoms with Crippen molar-refractivity contribution >= 4 is 21.8 Å². The molecule has 1 aromatic heterocycles. The molecule has 2 aliphatic carbocycles. The monoisotopic (exact) mass is 1150 g/mol. The van der Waals surface area contributed by atoms with Gasteiger partial charge in [-0.05, 0) is 187 Å². The third-order valence-corrected chi connectivity index (χ3v) is 19.9. The van der Waals surface area contributed by atoms with Crippen LogP contribution in [0.2, 0.25) is 0 Å². The summed E-state index contributed by atoms with van der Waals surface area (Å²) in [4.78, 5) is 0. The van der Waals surface area contributed by atoms with Crippen LogP contribution in [0.4, 0.5) is 0 Å². The Hall–Kier alpha value is -5.04. The summed E-state index contributed by atoms with van der Waals surface area (Å²) in [6.07, 6.45) is 29.9. The van der Waals surface area contributed by atoms with Crippen LogP contribution in [0.1, 0.15) is 193 Å². The van der Waals surface area contributed by atoms with E-state index in [-0.39, 0.29) is 10.8 Å². The lowest BCUT2D eigenvalue weighted by Gasteiger charge is -2.34. The van der Waals surface area contributed by atoms with Crippen LogP contribution >= 0.6 is 0 Å². The van der Waals surface area contributed by atoms with Crippen LogP contribution in [0.5, 0.6) is 0 Å². The predicted octanol–water partition coefficient (Wildman–Crippen LogP) is 18.9. The first-order chi connectivity index (χ1) is 40.6. The minimum Gasteiger partial charge on any atom is -0.340 e. The Kier molecular flexibility index (Phi) is 21.2. The van der Waals surface area contributed by atoms with Gasteiger partial charge in [0.1, 0.15) is 0 Å². The first-order valence-electron chi connectivity index (χ1n) is 34.4. The second-order valence-electron chi connectivity index (χ2n) is 31.1. The van der Waals surface area contributed by atoms with E-state index in [1.165, 1.54) is 232 Å². The smallest absolute Gasteiger partial charge is 0.0780 e. The Morgan fingerprint density at radius 3 is 1.06 bits per heavy atom. The number of rotatable bonds is 35. The summed E-state index contributed by atoms with van der Waals surface area (Å²) in [5.41, 5.74) is 20.2. The molecule has 0 radical (unpaired) electrons. The maximum absolute atomic E-state index is 2.74. The van der Waals surface area contributed by atoms with Crippen molar-refractivity contribution in [2.24, 2.45) is 0 Å². The quantitative estimate of drug-likeness (QED) is 0.0276. The molecule has 2 atom stereocenters. The zero-order valence-electron chi connectivity index (χ0n) is 56.3. The lowest BCUT2D eigenvalue weighted by molar-refractivity contribution is -0.870. The van der Waals surface area contributed by atoms with Gasteiger partial charge in [0.05, 0.1) is 111 Å². The number of aromatic nitrogens is 1. The van der Waals surface area contributed by atoms with Crippen LogP contribution in [0.15, 0.2) is 121 Å². The molecule has 5 heteroatoms. The number of benzene rings is 6. The third kappa shape index (κ3) is 15.6. The maximum atomic E-state index is 2.74. The highest BCUT2D eigenvalue weighted by Gasteiger charge is 2.46. The molecular weight excluding hydrogens is 1030 g/mol. The Morgan fingerprint density at radius 1 is 0.318 bits per heavy atom. The van der Waals surface area contributed by atoms with Gasteiger partial charge in [0.25, 0.3) is 0 Å². The summed E-state index contributed by atoms with van der Waals surface area (Å²) in [5, 5.41) is 2.87. The first kappa shape index (κ1) is 64.4. The Labute approximate surface area is 518 Å². The van der Waals surface area contributed by atoms with Gasteiger partial charge in [-0.1, -0.05) is 162 Å². The predicted molar refractivity (Wildman–Crippen MR) is 369 cm³/mol.